The molecule has 220 valence electrons. The lowest BCUT2D eigenvalue weighted by molar-refractivity contribution is 0.143. The Morgan fingerprint density at radius 1 is 0.614 bits per heavy atom. The van der Waals surface area contributed by atoms with Gasteiger partial charge < -0.3 is 9.47 Å². The Bertz CT molecular complexity index is 1960. The van der Waals surface area contributed by atoms with Crippen LogP contribution in [0.1, 0.15) is 22.5 Å². The third kappa shape index (κ3) is 5.59. The highest BCUT2D eigenvalue weighted by atomic mass is 19.2. The fourth-order valence-electron chi connectivity index (χ4n) is 4.66. The van der Waals surface area contributed by atoms with Crippen LogP contribution in [0, 0.1) is 29.1 Å². The van der Waals surface area contributed by atoms with Gasteiger partial charge in [0.15, 0.2) is 5.65 Å². The van der Waals surface area contributed by atoms with Gasteiger partial charge in [0.25, 0.3) is 0 Å². The lowest BCUT2D eigenvalue weighted by Crippen LogP contribution is -2.19. The molecule has 0 N–H and O–H groups in total. The summed E-state index contributed by atoms with van der Waals surface area (Å²) in [6.45, 7) is 0. The average Bonchev–Trinajstić information content (AvgIpc) is 3.39. The summed E-state index contributed by atoms with van der Waals surface area (Å²) in [6, 6.07) is 27.7. The van der Waals surface area contributed by atoms with Gasteiger partial charge in [-0.25, -0.2) is 27.9 Å². The van der Waals surface area contributed by atoms with Gasteiger partial charge in [0.1, 0.15) is 5.69 Å². The summed E-state index contributed by atoms with van der Waals surface area (Å²) in [6.07, 6.45) is 0.328. The van der Waals surface area contributed by atoms with Crippen LogP contribution < -0.4 is 9.47 Å². The quantitative estimate of drug-likeness (QED) is 0.0613. The first-order valence-electron chi connectivity index (χ1n) is 13.3. The number of benzene rings is 4. The van der Waals surface area contributed by atoms with Crippen LogP contribution in [0.25, 0.3) is 16.9 Å². The minimum absolute atomic E-state index is 0.152. The van der Waals surface area contributed by atoms with Crippen LogP contribution in [0.15, 0.2) is 97.2 Å². The van der Waals surface area contributed by atoms with Crippen LogP contribution in [0.2, 0.25) is 0 Å². The third-order valence-corrected chi connectivity index (χ3v) is 6.73. The van der Waals surface area contributed by atoms with Gasteiger partial charge in [0, 0.05) is 24.6 Å². The fourth-order valence-corrected chi connectivity index (χ4v) is 4.66. The topological polar surface area (TPSA) is 65.7 Å². The van der Waals surface area contributed by atoms with Gasteiger partial charge >= 0.3 is 6.16 Å². The number of fused-ring (bicyclic) bond motifs is 1. The molecule has 0 amide bonds. The lowest BCUT2D eigenvalue weighted by atomic mass is 10.1. The second-order valence-electron chi connectivity index (χ2n) is 9.67. The molecule has 4 aromatic carbocycles. The maximum Gasteiger partial charge on any atom is 0.520 e. The number of hydrogen-bond acceptors (Lipinski definition) is 5. The standard InChI is InChI=1S/C33H20F5N3O3/c34-25-26(35)28(37)30(29(38)27(25)36)43-33(42)44-32-23(17-20-12-6-2-7-13-20)40-31-22(16-19-10-4-1-5-11-19)39-24(18-41(31)32)21-14-8-3-9-15-21/h1-15,18H,16-17H2. The molecule has 2 heterocycles. The molecule has 6 aromatic rings. The van der Waals surface area contributed by atoms with E-state index in [-0.39, 0.29) is 18.0 Å². The molecule has 0 radical (unpaired) electrons. The van der Waals surface area contributed by atoms with Crippen LogP contribution in [-0.4, -0.2) is 20.5 Å². The fraction of sp³-hybridized carbons (Fsp3) is 0.0606. The molecule has 0 fully saturated rings. The first-order valence-corrected chi connectivity index (χ1v) is 13.3. The van der Waals surface area contributed by atoms with Gasteiger partial charge in [0.2, 0.25) is 40.7 Å². The van der Waals surface area contributed by atoms with Gasteiger partial charge in [-0.2, -0.15) is 8.78 Å². The van der Waals surface area contributed by atoms with Crippen molar-refractivity contribution in [3.63, 3.8) is 0 Å². The summed E-state index contributed by atoms with van der Waals surface area (Å²) in [5.41, 5.74) is 4.01. The van der Waals surface area contributed by atoms with E-state index >= 15 is 0 Å². The molecular weight excluding hydrogens is 581 g/mol. The van der Waals surface area contributed by atoms with Gasteiger partial charge in [-0.15, -0.1) is 0 Å². The number of rotatable bonds is 7. The summed E-state index contributed by atoms with van der Waals surface area (Å²) in [4.78, 5) is 22.5. The molecule has 0 aliphatic rings. The molecule has 6 nitrogen and oxygen atoms in total. The molecule has 6 rings (SSSR count). The van der Waals surface area contributed by atoms with Gasteiger partial charge in [-0.05, 0) is 11.1 Å². The SMILES string of the molecule is O=C(Oc1c(F)c(F)c(F)c(F)c1F)Oc1c(Cc2ccccc2)nc2c(Cc3ccccc3)nc(-c3ccccc3)cn12. The van der Waals surface area contributed by atoms with Crippen LogP contribution in [-0.2, 0) is 12.8 Å². The third-order valence-electron chi connectivity index (χ3n) is 6.73. The number of halogens is 5. The van der Waals surface area contributed by atoms with Gasteiger partial charge in [0.05, 0.1) is 11.4 Å². The monoisotopic (exact) mass is 601 g/mol. The van der Waals surface area contributed by atoms with Crippen LogP contribution in [0.5, 0.6) is 11.6 Å². The molecule has 0 unspecified atom stereocenters. The van der Waals surface area contributed by atoms with Crippen LogP contribution in [0.3, 0.4) is 0 Å². The molecule has 2 aromatic heterocycles. The van der Waals surface area contributed by atoms with E-state index in [1.165, 1.54) is 4.40 Å². The summed E-state index contributed by atoms with van der Waals surface area (Å²) in [5, 5.41) is 0. The van der Waals surface area contributed by atoms with Crippen molar-refractivity contribution in [2.45, 2.75) is 12.8 Å². The van der Waals surface area contributed by atoms with Crippen molar-refractivity contribution in [2.75, 3.05) is 0 Å². The predicted octanol–water partition coefficient (Wildman–Crippen LogP) is 7.85. The van der Waals surface area contributed by atoms with E-state index in [2.05, 4.69) is 4.74 Å². The van der Waals surface area contributed by atoms with Gasteiger partial charge in [-0.3, -0.25) is 4.40 Å². The molecule has 0 saturated carbocycles. The van der Waals surface area contributed by atoms with E-state index in [0.29, 0.717) is 23.5 Å². The van der Waals surface area contributed by atoms with E-state index in [4.69, 9.17) is 14.7 Å². The zero-order valence-corrected chi connectivity index (χ0v) is 22.6. The van der Waals surface area contributed by atoms with Crippen LogP contribution >= 0.6 is 0 Å². The highest BCUT2D eigenvalue weighted by Crippen LogP contribution is 2.32. The van der Waals surface area contributed by atoms with Crippen molar-refractivity contribution in [2.24, 2.45) is 0 Å². The maximum absolute atomic E-state index is 14.3. The minimum Gasteiger partial charge on any atom is -0.388 e. The summed E-state index contributed by atoms with van der Waals surface area (Å²) >= 11 is 0. The normalized spacial score (nSPS) is 11.1. The van der Waals surface area contributed by atoms with E-state index < -0.39 is 41.0 Å². The number of imidazole rings is 1. The average molecular weight is 602 g/mol. The highest BCUT2D eigenvalue weighted by molar-refractivity contribution is 5.69. The number of carbonyl (C=O) groups is 1. The summed E-state index contributed by atoms with van der Waals surface area (Å²) in [5.74, 6) is -13.5. The number of nitrogens with zero attached hydrogens (tertiary/aromatic N) is 3. The second-order valence-corrected chi connectivity index (χ2v) is 9.67. The summed E-state index contributed by atoms with van der Waals surface area (Å²) < 4.78 is 81.0. The van der Waals surface area contributed by atoms with E-state index in [1.54, 1.807) is 18.3 Å². The Morgan fingerprint density at radius 3 is 1.68 bits per heavy atom. The van der Waals surface area contributed by atoms with Crippen molar-refractivity contribution in [3.8, 4) is 22.9 Å². The molecule has 44 heavy (non-hydrogen) atoms. The Labute approximate surface area is 247 Å². The Morgan fingerprint density at radius 2 is 1.11 bits per heavy atom. The number of ether oxygens (including phenoxy) is 2. The summed E-state index contributed by atoms with van der Waals surface area (Å²) in [7, 11) is 0. The largest absolute Gasteiger partial charge is 0.520 e. The molecule has 0 aliphatic carbocycles. The first-order chi connectivity index (χ1) is 21.3. The van der Waals surface area contributed by atoms with E-state index in [9.17, 15) is 26.7 Å². The Hall–Kier alpha value is -5.58. The van der Waals surface area contributed by atoms with Crippen LogP contribution in [0.4, 0.5) is 26.7 Å². The maximum atomic E-state index is 14.3. The van der Waals surface area contributed by atoms with E-state index in [1.807, 2.05) is 78.9 Å². The number of aromatic nitrogens is 3. The minimum atomic E-state index is -2.39. The van der Waals surface area contributed by atoms with Crippen molar-refractivity contribution in [1.29, 1.82) is 0 Å². The zero-order valence-electron chi connectivity index (χ0n) is 22.6. The zero-order chi connectivity index (χ0) is 30.8. The Balaban J connectivity index is 1.49. The number of carbonyl (C=O) groups excluding carboxylic acids is 1. The second kappa shape index (κ2) is 12.0. The molecule has 0 aliphatic heterocycles. The first kappa shape index (κ1) is 28.5. The molecule has 0 saturated heterocycles. The van der Waals surface area contributed by atoms with Crippen molar-refractivity contribution >= 4 is 11.8 Å². The molecule has 11 heteroatoms. The smallest absolute Gasteiger partial charge is 0.388 e. The van der Waals surface area contributed by atoms with Crippen molar-refractivity contribution in [1.82, 2.24) is 14.4 Å². The van der Waals surface area contributed by atoms with Crippen molar-refractivity contribution in [3.05, 3.63) is 149 Å². The number of hydrogen-bond donors (Lipinski definition) is 0. The molecular formula is C33H20F5N3O3. The van der Waals surface area contributed by atoms with E-state index in [0.717, 1.165) is 16.7 Å². The molecule has 0 spiro atoms. The molecule has 0 bridgehead atoms. The van der Waals surface area contributed by atoms with Crippen molar-refractivity contribution < 1.29 is 36.2 Å². The lowest BCUT2D eigenvalue weighted by Gasteiger charge is -2.11. The van der Waals surface area contributed by atoms with Gasteiger partial charge in [-0.1, -0.05) is 91.0 Å². The molecule has 0 atom stereocenters. The predicted molar refractivity (Wildman–Crippen MR) is 150 cm³/mol. The highest BCUT2D eigenvalue weighted by Gasteiger charge is 2.30. The Kier molecular flexibility index (Phi) is 7.76.